The van der Waals surface area contributed by atoms with Crippen LogP contribution in [0.3, 0.4) is 0 Å². The van der Waals surface area contributed by atoms with Crippen molar-refractivity contribution in [3.05, 3.63) is 42.5 Å². The molecule has 0 aliphatic heterocycles. The van der Waals surface area contributed by atoms with Crippen LogP contribution in [-0.2, 0) is 6.42 Å². The van der Waals surface area contributed by atoms with E-state index in [1.54, 1.807) is 26.6 Å². The smallest absolute Gasteiger partial charge is 0.232 e. The predicted molar refractivity (Wildman–Crippen MR) is 70.7 cm³/mol. The summed E-state index contributed by atoms with van der Waals surface area (Å²) in [5, 5.41) is 0. The molecule has 0 atom stereocenters. The maximum atomic E-state index is 11.8. The first-order valence-electron chi connectivity index (χ1n) is 5.96. The molecule has 0 aliphatic rings. The summed E-state index contributed by atoms with van der Waals surface area (Å²) in [4.78, 5) is 15.7. The zero-order valence-corrected chi connectivity index (χ0v) is 11.0. The maximum absolute atomic E-state index is 11.8. The molecule has 0 spiro atoms. The fourth-order valence-corrected chi connectivity index (χ4v) is 1.82. The number of imidazole rings is 1. The highest BCUT2D eigenvalue weighted by atomic mass is 16.5. The highest BCUT2D eigenvalue weighted by Gasteiger charge is 2.07. The standard InChI is InChI=1S/C14H16N2O3/c1-18-12-5-3-11(9-13(12)19-2)4-6-14(17)16-8-7-15-10-16/h3,5,7-10H,4,6H2,1-2H3. The third-order valence-electron chi connectivity index (χ3n) is 2.87. The van der Waals surface area contributed by atoms with Gasteiger partial charge in [0.15, 0.2) is 11.5 Å². The molecule has 0 N–H and O–H groups in total. The molecule has 19 heavy (non-hydrogen) atoms. The lowest BCUT2D eigenvalue weighted by Gasteiger charge is -2.09. The second-order valence-electron chi connectivity index (χ2n) is 4.05. The van der Waals surface area contributed by atoms with Gasteiger partial charge in [-0.2, -0.15) is 0 Å². The van der Waals surface area contributed by atoms with Gasteiger partial charge in [0.25, 0.3) is 0 Å². The first kappa shape index (κ1) is 13.1. The molecule has 0 unspecified atom stereocenters. The summed E-state index contributed by atoms with van der Waals surface area (Å²) >= 11 is 0. The SMILES string of the molecule is COc1ccc(CCC(=O)n2ccnc2)cc1OC. The zero-order chi connectivity index (χ0) is 13.7. The Kier molecular flexibility index (Phi) is 4.18. The summed E-state index contributed by atoms with van der Waals surface area (Å²) in [5.41, 5.74) is 1.03. The molecule has 2 rings (SSSR count). The lowest BCUT2D eigenvalue weighted by Crippen LogP contribution is -2.09. The van der Waals surface area contributed by atoms with Crippen LogP contribution in [0.15, 0.2) is 36.9 Å². The lowest BCUT2D eigenvalue weighted by molar-refractivity contribution is 0.0903. The number of aromatic nitrogens is 2. The van der Waals surface area contributed by atoms with Crippen LogP contribution in [0.1, 0.15) is 16.8 Å². The van der Waals surface area contributed by atoms with Gasteiger partial charge in [0.1, 0.15) is 6.33 Å². The Hall–Kier alpha value is -2.30. The van der Waals surface area contributed by atoms with Crippen molar-refractivity contribution in [3.8, 4) is 11.5 Å². The van der Waals surface area contributed by atoms with Gasteiger partial charge < -0.3 is 9.47 Å². The quantitative estimate of drug-likeness (QED) is 0.826. The summed E-state index contributed by atoms with van der Waals surface area (Å²) in [6, 6.07) is 5.67. The predicted octanol–water partition coefficient (Wildman–Crippen LogP) is 2.17. The number of rotatable bonds is 5. The fourth-order valence-electron chi connectivity index (χ4n) is 1.82. The van der Waals surface area contributed by atoms with Gasteiger partial charge >= 0.3 is 0 Å². The Morgan fingerprint density at radius 2 is 2.05 bits per heavy atom. The average Bonchev–Trinajstić information content (AvgIpc) is 2.98. The van der Waals surface area contributed by atoms with E-state index in [9.17, 15) is 4.79 Å². The third kappa shape index (κ3) is 3.13. The molecule has 0 amide bonds. The zero-order valence-electron chi connectivity index (χ0n) is 11.0. The van der Waals surface area contributed by atoms with Crippen molar-refractivity contribution in [1.82, 2.24) is 9.55 Å². The molecule has 2 aromatic rings. The van der Waals surface area contributed by atoms with Gasteiger partial charge in [0, 0.05) is 18.8 Å². The first-order chi connectivity index (χ1) is 9.24. The van der Waals surface area contributed by atoms with Gasteiger partial charge in [-0.15, -0.1) is 0 Å². The van der Waals surface area contributed by atoms with E-state index in [1.807, 2.05) is 18.2 Å². The van der Waals surface area contributed by atoms with E-state index in [1.165, 1.54) is 10.9 Å². The van der Waals surface area contributed by atoms with Crippen molar-refractivity contribution in [2.45, 2.75) is 12.8 Å². The van der Waals surface area contributed by atoms with E-state index < -0.39 is 0 Å². The van der Waals surface area contributed by atoms with Crippen LogP contribution in [0.2, 0.25) is 0 Å². The largest absolute Gasteiger partial charge is 0.493 e. The summed E-state index contributed by atoms with van der Waals surface area (Å²) in [6.45, 7) is 0. The monoisotopic (exact) mass is 260 g/mol. The van der Waals surface area contributed by atoms with Gasteiger partial charge in [-0.1, -0.05) is 6.07 Å². The van der Waals surface area contributed by atoms with Crippen LogP contribution in [0.5, 0.6) is 11.5 Å². The van der Waals surface area contributed by atoms with Gasteiger partial charge in [0.2, 0.25) is 5.91 Å². The van der Waals surface area contributed by atoms with Gasteiger partial charge in [0.05, 0.1) is 14.2 Å². The number of carbonyl (C=O) groups excluding carboxylic acids is 1. The topological polar surface area (TPSA) is 53.4 Å². The van der Waals surface area contributed by atoms with E-state index in [-0.39, 0.29) is 5.91 Å². The Labute approximate surface area is 111 Å². The van der Waals surface area contributed by atoms with E-state index in [0.717, 1.165) is 5.56 Å². The highest BCUT2D eigenvalue weighted by Crippen LogP contribution is 2.27. The Balaban J connectivity index is 2.02. The van der Waals surface area contributed by atoms with E-state index in [4.69, 9.17) is 9.47 Å². The molecule has 0 radical (unpaired) electrons. The minimum absolute atomic E-state index is 0.0206. The Morgan fingerprint density at radius 1 is 1.26 bits per heavy atom. The molecular formula is C14H16N2O3. The molecule has 5 nitrogen and oxygen atoms in total. The molecule has 0 bridgehead atoms. The lowest BCUT2D eigenvalue weighted by atomic mass is 10.1. The number of carbonyl (C=O) groups is 1. The Bertz CT molecular complexity index is 550. The number of ether oxygens (including phenoxy) is 2. The molecule has 1 aromatic carbocycles. The fraction of sp³-hybridized carbons (Fsp3) is 0.286. The number of hydrogen-bond donors (Lipinski definition) is 0. The van der Waals surface area contributed by atoms with Crippen LogP contribution in [0.25, 0.3) is 0 Å². The molecule has 100 valence electrons. The molecule has 0 saturated carbocycles. The molecule has 0 fully saturated rings. The van der Waals surface area contributed by atoms with Crippen molar-refractivity contribution < 1.29 is 14.3 Å². The molecule has 1 heterocycles. The number of aryl methyl sites for hydroxylation is 1. The minimum Gasteiger partial charge on any atom is -0.493 e. The van der Waals surface area contributed by atoms with Gasteiger partial charge in [-0.25, -0.2) is 4.98 Å². The van der Waals surface area contributed by atoms with Crippen molar-refractivity contribution in [3.63, 3.8) is 0 Å². The van der Waals surface area contributed by atoms with E-state index in [0.29, 0.717) is 24.3 Å². The molecule has 5 heteroatoms. The van der Waals surface area contributed by atoms with Crippen LogP contribution >= 0.6 is 0 Å². The van der Waals surface area contributed by atoms with Crippen LogP contribution in [-0.4, -0.2) is 29.7 Å². The normalized spacial score (nSPS) is 10.2. The summed E-state index contributed by atoms with van der Waals surface area (Å²) in [5.74, 6) is 1.38. The number of benzene rings is 1. The Morgan fingerprint density at radius 3 is 2.68 bits per heavy atom. The third-order valence-corrected chi connectivity index (χ3v) is 2.87. The van der Waals surface area contributed by atoms with Crippen molar-refractivity contribution >= 4 is 5.91 Å². The number of hydrogen-bond acceptors (Lipinski definition) is 4. The molecule has 1 aromatic heterocycles. The molecule has 0 aliphatic carbocycles. The second kappa shape index (κ2) is 6.04. The average molecular weight is 260 g/mol. The molecule has 0 saturated heterocycles. The summed E-state index contributed by atoms with van der Waals surface area (Å²) in [6.07, 6.45) is 5.82. The van der Waals surface area contributed by atoms with Gasteiger partial charge in [-0.3, -0.25) is 9.36 Å². The first-order valence-corrected chi connectivity index (χ1v) is 5.96. The minimum atomic E-state index is 0.0206. The van der Waals surface area contributed by atoms with Crippen molar-refractivity contribution in [1.29, 1.82) is 0 Å². The maximum Gasteiger partial charge on any atom is 0.232 e. The number of nitrogens with zero attached hydrogens (tertiary/aromatic N) is 2. The number of methoxy groups -OCH3 is 2. The highest BCUT2D eigenvalue weighted by molar-refractivity contribution is 5.78. The van der Waals surface area contributed by atoms with Crippen molar-refractivity contribution in [2.75, 3.05) is 14.2 Å². The second-order valence-corrected chi connectivity index (χ2v) is 4.05. The van der Waals surface area contributed by atoms with Crippen LogP contribution in [0.4, 0.5) is 0 Å². The van der Waals surface area contributed by atoms with Crippen molar-refractivity contribution in [2.24, 2.45) is 0 Å². The van der Waals surface area contributed by atoms with E-state index in [2.05, 4.69) is 4.98 Å². The molecular weight excluding hydrogens is 244 g/mol. The van der Waals surface area contributed by atoms with Crippen LogP contribution in [0, 0.1) is 0 Å². The van der Waals surface area contributed by atoms with Gasteiger partial charge in [-0.05, 0) is 24.1 Å². The summed E-state index contributed by atoms with van der Waals surface area (Å²) < 4.78 is 11.9. The van der Waals surface area contributed by atoms with E-state index >= 15 is 0 Å². The van der Waals surface area contributed by atoms with Crippen LogP contribution < -0.4 is 9.47 Å². The summed E-state index contributed by atoms with van der Waals surface area (Å²) in [7, 11) is 3.19.